The Morgan fingerprint density at radius 3 is 0.906 bits per heavy atom. The van der Waals surface area contributed by atoms with Gasteiger partial charge < -0.3 is 10.2 Å². The summed E-state index contributed by atoms with van der Waals surface area (Å²) in [5, 5.41) is 26.9. The molecule has 0 fully saturated rings. The molecule has 0 aliphatic rings. The number of rotatable bonds is 0. The quantitative estimate of drug-likeness (QED) is 0.348. The number of phenols is 2. The molecule has 0 amide bonds. The summed E-state index contributed by atoms with van der Waals surface area (Å²) in [6.07, 6.45) is 0. The second-order valence-corrected chi connectivity index (χ2v) is 13.6. The first-order valence-corrected chi connectivity index (χ1v) is 11.8. The van der Waals surface area contributed by atoms with E-state index in [0.717, 1.165) is 32.7 Å². The predicted molar refractivity (Wildman–Crippen MR) is 140 cm³/mol. The van der Waals surface area contributed by atoms with Crippen LogP contribution >= 0.6 is 0 Å². The molecule has 0 unspecified atom stereocenters. The number of aromatic hydroxyl groups is 2. The molecule has 0 bridgehead atoms. The second kappa shape index (κ2) is 7.14. The highest BCUT2D eigenvalue weighted by Gasteiger charge is 2.31. The van der Waals surface area contributed by atoms with Crippen LogP contribution < -0.4 is 0 Å². The summed E-state index contributed by atoms with van der Waals surface area (Å²) in [5.74, 6) is 0.569. The molecule has 0 aromatic heterocycles. The molecule has 2 nitrogen and oxygen atoms in total. The molecular weight excluding hydrogens is 392 g/mol. The highest BCUT2D eigenvalue weighted by molar-refractivity contribution is 6.16. The van der Waals surface area contributed by atoms with Crippen molar-refractivity contribution < 1.29 is 10.2 Å². The van der Waals surface area contributed by atoms with Crippen molar-refractivity contribution in [1.29, 1.82) is 0 Å². The van der Waals surface area contributed by atoms with Gasteiger partial charge in [-0.1, -0.05) is 107 Å². The van der Waals surface area contributed by atoms with Crippen LogP contribution in [-0.2, 0) is 21.7 Å². The van der Waals surface area contributed by atoms with Gasteiger partial charge in [-0.25, -0.2) is 0 Å². The average molecular weight is 435 g/mol. The van der Waals surface area contributed by atoms with Crippen molar-refractivity contribution in [3.05, 3.63) is 46.5 Å². The fraction of sp³-hybridized carbons (Fsp3) is 0.533. The standard InChI is InChI=1S/C30H42O2/c1-27(2,3)19-15-21(29(7,8)9)25(31)23-17(19)13-14-18-20(28(4,5)6)16-22(30(10,11)12)26(32)24(18)23/h13-16,31-32H,1-12H3. The predicted octanol–water partition coefficient (Wildman–Crippen LogP) is 8.59. The van der Waals surface area contributed by atoms with Gasteiger partial charge in [0.05, 0.1) is 0 Å². The summed E-state index contributed by atoms with van der Waals surface area (Å²) >= 11 is 0. The largest absolute Gasteiger partial charge is 0.507 e. The number of phenolic OH excluding ortho intramolecular Hbond substituents is 2. The summed E-state index contributed by atoms with van der Waals surface area (Å²) in [7, 11) is 0. The van der Waals surface area contributed by atoms with E-state index in [1.807, 2.05) is 0 Å². The molecule has 0 spiro atoms. The van der Waals surface area contributed by atoms with Crippen molar-refractivity contribution >= 4 is 21.5 Å². The fourth-order valence-electron chi connectivity index (χ4n) is 4.78. The minimum Gasteiger partial charge on any atom is -0.507 e. The summed E-state index contributed by atoms with van der Waals surface area (Å²) in [6.45, 7) is 26.0. The van der Waals surface area contributed by atoms with E-state index in [0.29, 0.717) is 0 Å². The number of benzene rings is 3. The van der Waals surface area contributed by atoms with Gasteiger partial charge in [0.15, 0.2) is 0 Å². The van der Waals surface area contributed by atoms with Gasteiger partial charge >= 0.3 is 0 Å². The van der Waals surface area contributed by atoms with E-state index in [2.05, 4.69) is 107 Å². The van der Waals surface area contributed by atoms with Crippen LogP contribution in [0.15, 0.2) is 24.3 Å². The summed E-state index contributed by atoms with van der Waals surface area (Å²) < 4.78 is 0. The molecule has 0 saturated carbocycles. The molecule has 2 heteroatoms. The average Bonchev–Trinajstić information content (AvgIpc) is 2.57. The number of fused-ring (bicyclic) bond motifs is 3. The van der Waals surface area contributed by atoms with Crippen LogP contribution in [0.1, 0.15) is 105 Å². The molecule has 0 aliphatic heterocycles. The number of hydrogen-bond acceptors (Lipinski definition) is 2. The SMILES string of the molecule is CC(C)(C)c1cc(C(C)(C)C)c2ccc3c(C(C)(C)C)cc(C(C)(C)C)c(O)c3c2c1O. The molecule has 3 rings (SSSR count). The molecule has 0 saturated heterocycles. The van der Waals surface area contributed by atoms with Gasteiger partial charge in [0, 0.05) is 21.9 Å². The zero-order valence-electron chi connectivity index (χ0n) is 22.2. The Morgan fingerprint density at radius 2 is 0.688 bits per heavy atom. The van der Waals surface area contributed by atoms with Crippen molar-refractivity contribution in [3.8, 4) is 11.5 Å². The Labute approximate surface area is 194 Å². The van der Waals surface area contributed by atoms with Crippen molar-refractivity contribution in [2.24, 2.45) is 0 Å². The zero-order valence-corrected chi connectivity index (χ0v) is 22.2. The Hall–Kier alpha value is -2.22. The minimum absolute atomic E-state index is 0.107. The van der Waals surface area contributed by atoms with E-state index in [9.17, 15) is 10.2 Å². The lowest BCUT2D eigenvalue weighted by molar-refractivity contribution is 0.446. The highest BCUT2D eigenvalue weighted by Crippen LogP contribution is 2.50. The van der Waals surface area contributed by atoms with E-state index in [-0.39, 0.29) is 33.2 Å². The van der Waals surface area contributed by atoms with Crippen molar-refractivity contribution in [3.63, 3.8) is 0 Å². The lowest BCUT2D eigenvalue weighted by Gasteiger charge is -2.31. The topological polar surface area (TPSA) is 40.5 Å². The summed E-state index contributed by atoms with van der Waals surface area (Å²) in [6, 6.07) is 8.60. The van der Waals surface area contributed by atoms with E-state index in [1.165, 1.54) is 11.1 Å². The van der Waals surface area contributed by atoms with Crippen molar-refractivity contribution in [2.75, 3.05) is 0 Å². The normalized spacial score (nSPS) is 13.9. The first-order valence-electron chi connectivity index (χ1n) is 11.8. The molecule has 0 atom stereocenters. The van der Waals surface area contributed by atoms with E-state index in [1.54, 1.807) is 0 Å². The molecule has 32 heavy (non-hydrogen) atoms. The van der Waals surface area contributed by atoms with Crippen LogP contribution in [-0.4, -0.2) is 10.2 Å². The van der Waals surface area contributed by atoms with Crippen LogP contribution in [0.2, 0.25) is 0 Å². The summed E-state index contributed by atoms with van der Waals surface area (Å²) in [4.78, 5) is 0. The zero-order chi connectivity index (χ0) is 24.6. The van der Waals surface area contributed by atoms with Gasteiger partial charge in [-0.3, -0.25) is 0 Å². The first-order chi connectivity index (χ1) is 14.3. The molecule has 3 aromatic rings. The van der Waals surface area contributed by atoms with Crippen LogP contribution in [0.4, 0.5) is 0 Å². The van der Waals surface area contributed by atoms with Gasteiger partial charge in [0.2, 0.25) is 0 Å². The lowest BCUT2D eigenvalue weighted by Crippen LogP contribution is -2.18. The minimum atomic E-state index is -0.232. The molecular formula is C30H42O2. The third-order valence-corrected chi connectivity index (χ3v) is 6.58. The smallest absolute Gasteiger partial charge is 0.127 e. The molecule has 3 aromatic carbocycles. The molecule has 174 valence electrons. The fourth-order valence-corrected chi connectivity index (χ4v) is 4.78. The maximum atomic E-state index is 11.7. The van der Waals surface area contributed by atoms with Crippen LogP contribution in [0.25, 0.3) is 21.5 Å². The Bertz CT molecular complexity index is 1100. The third kappa shape index (κ3) is 3.98. The van der Waals surface area contributed by atoms with Gasteiger partial charge in [-0.2, -0.15) is 0 Å². The number of hydrogen-bond donors (Lipinski definition) is 2. The molecule has 2 N–H and O–H groups in total. The van der Waals surface area contributed by atoms with Crippen molar-refractivity contribution in [2.45, 2.75) is 105 Å². The lowest BCUT2D eigenvalue weighted by atomic mass is 9.74. The van der Waals surface area contributed by atoms with Gasteiger partial charge in [0.1, 0.15) is 11.5 Å². The third-order valence-electron chi connectivity index (χ3n) is 6.58. The van der Waals surface area contributed by atoms with Gasteiger partial charge in [-0.05, 0) is 43.6 Å². The Balaban J connectivity index is 2.76. The Kier molecular flexibility index (Phi) is 5.45. The second-order valence-electron chi connectivity index (χ2n) is 13.6. The van der Waals surface area contributed by atoms with E-state index < -0.39 is 0 Å². The van der Waals surface area contributed by atoms with Gasteiger partial charge in [-0.15, -0.1) is 0 Å². The highest BCUT2D eigenvalue weighted by atomic mass is 16.3. The van der Waals surface area contributed by atoms with E-state index >= 15 is 0 Å². The van der Waals surface area contributed by atoms with Crippen LogP contribution in [0.3, 0.4) is 0 Å². The summed E-state index contributed by atoms with van der Waals surface area (Å²) in [5.41, 5.74) is 3.54. The van der Waals surface area contributed by atoms with E-state index in [4.69, 9.17) is 0 Å². The van der Waals surface area contributed by atoms with Crippen molar-refractivity contribution in [1.82, 2.24) is 0 Å². The van der Waals surface area contributed by atoms with Gasteiger partial charge in [0.25, 0.3) is 0 Å². The molecule has 0 radical (unpaired) electrons. The maximum absolute atomic E-state index is 11.7. The molecule has 0 aliphatic carbocycles. The first kappa shape index (κ1) is 24.4. The maximum Gasteiger partial charge on any atom is 0.127 e. The van der Waals surface area contributed by atoms with Crippen LogP contribution in [0.5, 0.6) is 11.5 Å². The van der Waals surface area contributed by atoms with Crippen LogP contribution in [0, 0.1) is 0 Å². The monoisotopic (exact) mass is 434 g/mol. The molecule has 0 heterocycles. The Morgan fingerprint density at radius 1 is 0.438 bits per heavy atom.